The van der Waals surface area contributed by atoms with E-state index in [1.54, 1.807) is 44.6 Å². The minimum atomic E-state index is -0.277. The van der Waals surface area contributed by atoms with Crippen LogP contribution >= 0.6 is 0 Å². The molecule has 2 aromatic rings. The molecule has 0 unspecified atom stereocenters. The van der Waals surface area contributed by atoms with Crippen LogP contribution in [-0.4, -0.2) is 26.0 Å². The number of carbonyl (C=O) groups excluding carboxylic acids is 1. The quantitative estimate of drug-likeness (QED) is 0.878. The molecule has 0 bridgehead atoms. The molecule has 0 radical (unpaired) electrons. The summed E-state index contributed by atoms with van der Waals surface area (Å²) >= 11 is 0. The smallest absolute Gasteiger partial charge is 0.275 e. The molecule has 22 heavy (non-hydrogen) atoms. The number of nitrogens with one attached hydrogen (secondary N) is 1. The molecule has 6 heteroatoms. The molecule has 0 saturated heterocycles. The third kappa shape index (κ3) is 2.58. The molecule has 1 aromatic heterocycles. The molecule has 1 aliphatic heterocycles. The first-order chi connectivity index (χ1) is 10.7. The second kappa shape index (κ2) is 5.77. The Morgan fingerprint density at radius 1 is 1.18 bits per heavy atom. The number of rotatable bonds is 4. The number of methoxy groups -OCH3 is 2. The number of amides is 1. The normalized spacial score (nSPS) is 15.6. The lowest BCUT2D eigenvalue weighted by Crippen LogP contribution is -2.24. The number of nitrogens with zero attached hydrogens (tertiary/aromatic N) is 1. The van der Waals surface area contributed by atoms with E-state index >= 15 is 0 Å². The van der Waals surface area contributed by atoms with Crippen molar-refractivity contribution in [2.75, 3.05) is 14.2 Å². The number of benzene rings is 1. The van der Waals surface area contributed by atoms with E-state index in [4.69, 9.17) is 13.9 Å². The molecule has 0 aliphatic carbocycles. The van der Waals surface area contributed by atoms with Crippen LogP contribution in [0.4, 0.5) is 0 Å². The van der Waals surface area contributed by atoms with Gasteiger partial charge >= 0.3 is 0 Å². The molecule has 1 amide bonds. The molecule has 3 rings (SSSR count). The van der Waals surface area contributed by atoms with Crippen LogP contribution in [0, 0.1) is 0 Å². The Morgan fingerprint density at radius 3 is 2.68 bits per heavy atom. The first kappa shape index (κ1) is 13.9. The molecule has 1 N–H and O–H groups in total. The van der Waals surface area contributed by atoms with E-state index in [9.17, 15) is 4.79 Å². The van der Waals surface area contributed by atoms with Crippen LogP contribution in [0.3, 0.4) is 0 Å². The lowest BCUT2D eigenvalue weighted by atomic mass is 10.1. The van der Waals surface area contributed by atoms with Gasteiger partial charge in [0.1, 0.15) is 5.70 Å². The van der Waals surface area contributed by atoms with E-state index in [0.717, 1.165) is 5.56 Å². The van der Waals surface area contributed by atoms with Crippen molar-refractivity contribution in [2.24, 2.45) is 4.99 Å². The molecule has 0 saturated carbocycles. The van der Waals surface area contributed by atoms with E-state index < -0.39 is 0 Å². The lowest BCUT2D eigenvalue weighted by molar-refractivity contribution is -0.115. The lowest BCUT2D eigenvalue weighted by Gasteiger charge is -2.07. The second-order valence-corrected chi connectivity index (χ2v) is 4.54. The van der Waals surface area contributed by atoms with Gasteiger partial charge in [-0.05, 0) is 35.9 Å². The first-order valence-corrected chi connectivity index (χ1v) is 6.59. The predicted octanol–water partition coefficient (Wildman–Crippen LogP) is 2.21. The van der Waals surface area contributed by atoms with E-state index in [1.807, 2.05) is 6.07 Å². The number of hydrogen-bond donors (Lipinski definition) is 1. The fourth-order valence-corrected chi connectivity index (χ4v) is 2.10. The maximum Gasteiger partial charge on any atom is 0.275 e. The molecule has 0 fully saturated rings. The van der Waals surface area contributed by atoms with Crippen molar-refractivity contribution >= 4 is 17.8 Å². The zero-order chi connectivity index (χ0) is 15.5. The summed E-state index contributed by atoms with van der Waals surface area (Å²) in [4.78, 5) is 16.2. The third-order valence-corrected chi connectivity index (χ3v) is 3.16. The highest BCUT2D eigenvalue weighted by atomic mass is 16.5. The number of aliphatic imine (C=N–C) groups is 1. The van der Waals surface area contributed by atoms with Gasteiger partial charge in [0.05, 0.1) is 20.5 Å². The maximum absolute atomic E-state index is 12.0. The maximum atomic E-state index is 12.0. The van der Waals surface area contributed by atoms with Crippen LogP contribution in [0.2, 0.25) is 0 Å². The van der Waals surface area contributed by atoms with Gasteiger partial charge < -0.3 is 19.2 Å². The molecule has 0 spiro atoms. The largest absolute Gasteiger partial charge is 0.493 e. The van der Waals surface area contributed by atoms with Crippen molar-refractivity contribution in [2.45, 2.75) is 0 Å². The summed E-state index contributed by atoms with van der Waals surface area (Å²) in [6, 6.07) is 8.84. The van der Waals surface area contributed by atoms with Gasteiger partial charge in [-0.15, -0.1) is 0 Å². The topological polar surface area (TPSA) is 73.1 Å². The molecule has 2 heterocycles. The monoisotopic (exact) mass is 298 g/mol. The fourth-order valence-electron chi connectivity index (χ4n) is 2.10. The van der Waals surface area contributed by atoms with Gasteiger partial charge in [-0.25, -0.2) is 4.99 Å². The Labute approximate surface area is 127 Å². The Kier molecular flexibility index (Phi) is 3.65. The van der Waals surface area contributed by atoms with Gasteiger partial charge in [0, 0.05) is 0 Å². The standard InChI is InChI=1S/C16H14N2O4/c1-20-12-6-5-10(9-14(12)21-2)8-11-16(19)18-15(17-11)13-4-3-7-22-13/h3-9H,1-2H3,(H,17,18,19). The van der Waals surface area contributed by atoms with Crippen molar-refractivity contribution in [3.05, 3.63) is 53.6 Å². The number of furan rings is 1. The summed E-state index contributed by atoms with van der Waals surface area (Å²) in [6.07, 6.45) is 3.20. The van der Waals surface area contributed by atoms with Crippen molar-refractivity contribution in [3.63, 3.8) is 0 Å². The van der Waals surface area contributed by atoms with Crippen molar-refractivity contribution in [3.8, 4) is 11.5 Å². The molecule has 1 aromatic carbocycles. The minimum absolute atomic E-state index is 0.277. The summed E-state index contributed by atoms with van der Waals surface area (Å²) in [7, 11) is 3.13. The van der Waals surface area contributed by atoms with Gasteiger partial charge in [-0.2, -0.15) is 0 Å². The van der Waals surface area contributed by atoms with E-state index in [1.165, 1.54) is 6.26 Å². The average Bonchev–Trinajstić information content (AvgIpc) is 3.17. The van der Waals surface area contributed by atoms with Gasteiger partial charge in [-0.1, -0.05) is 6.07 Å². The minimum Gasteiger partial charge on any atom is -0.493 e. The Morgan fingerprint density at radius 2 is 2.00 bits per heavy atom. The van der Waals surface area contributed by atoms with Gasteiger partial charge in [-0.3, -0.25) is 4.79 Å². The van der Waals surface area contributed by atoms with E-state index in [-0.39, 0.29) is 5.91 Å². The zero-order valence-corrected chi connectivity index (χ0v) is 12.1. The predicted molar refractivity (Wildman–Crippen MR) is 80.9 cm³/mol. The highest BCUT2D eigenvalue weighted by Crippen LogP contribution is 2.28. The van der Waals surface area contributed by atoms with Crippen molar-refractivity contribution in [1.29, 1.82) is 0 Å². The van der Waals surface area contributed by atoms with E-state index in [0.29, 0.717) is 28.8 Å². The van der Waals surface area contributed by atoms with Crippen LogP contribution in [-0.2, 0) is 4.79 Å². The number of hydrogen-bond acceptors (Lipinski definition) is 5. The highest BCUT2D eigenvalue weighted by molar-refractivity contribution is 6.18. The molecule has 112 valence electrons. The van der Waals surface area contributed by atoms with Crippen LogP contribution in [0.1, 0.15) is 11.3 Å². The van der Waals surface area contributed by atoms with Crippen molar-refractivity contribution < 1.29 is 18.7 Å². The van der Waals surface area contributed by atoms with Crippen LogP contribution in [0.25, 0.3) is 6.08 Å². The van der Waals surface area contributed by atoms with Gasteiger partial charge in [0.2, 0.25) is 0 Å². The van der Waals surface area contributed by atoms with Gasteiger partial charge in [0.15, 0.2) is 23.1 Å². The Balaban J connectivity index is 1.93. The molecule has 1 aliphatic rings. The first-order valence-electron chi connectivity index (χ1n) is 6.59. The SMILES string of the molecule is COc1ccc(C=C2N=C(c3ccco3)NC2=O)cc1OC. The summed E-state index contributed by atoms with van der Waals surface area (Å²) in [5.41, 5.74) is 1.09. The Bertz CT molecular complexity index is 760. The summed E-state index contributed by atoms with van der Waals surface area (Å²) in [5.74, 6) is 1.86. The van der Waals surface area contributed by atoms with Crippen LogP contribution in [0.5, 0.6) is 11.5 Å². The average molecular weight is 298 g/mol. The fraction of sp³-hybridized carbons (Fsp3) is 0.125. The summed E-state index contributed by atoms with van der Waals surface area (Å²) in [6.45, 7) is 0. The third-order valence-electron chi connectivity index (χ3n) is 3.16. The number of carbonyl (C=O) groups is 1. The van der Waals surface area contributed by atoms with Crippen molar-refractivity contribution in [1.82, 2.24) is 5.32 Å². The highest BCUT2D eigenvalue weighted by Gasteiger charge is 2.22. The molecule has 6 nitrogen and oxygen atoms in total. The summed E-state index contributed by atoms with van der Waals surface area (Å²) in [5, 5.41) is 2.67. The summed E-state index contributed by atoms with van der Waals surface area (Å²) < 4.78 is 15.6. The Hall–Kier alpha value is -3.02. The zero-order valence-electron chi connectivity index (χ0n) is 12.1. The van der Waals surface area contributed by atoms with Crippen LogP contribution in [0.15, 0.2) is 51.7 Å². The molecular formula is C16H14N2O4. The molecule has 0 atom stereocenters. The number of ether oxygens (including phenoxy) is 2. The number of amidine groups is 1. The second-order valence-electron chi connectivity index (χ2n) is 4.54. The molecular weight excluding hydrogens is 284 g/mol. The van der Waals surface area contributed by atoms with Gasteiger partial charge in [0.25, 0.3) is 5.91 Å². The van der Waals surface area contributed by atoms with E-state index in [2.05, 4.69) is 10.3 Å². The van der Waals surface area contributed by atoms with Crippen LogP contribution < -0.4 is 14.8 Å².